The maximum Gasteiger partial charge on any atom is 0.0451 e. The van der Waals surface area contributed by atoms with E-state index in [1.165, 1.54) is 27.6 Å². The largest absolute Gasteiger partial charge is 0.362 e. The van der Waals surface area contributed by atoms with Gasteiger partial charge in [0.15, 0.2) is 0 Å². The Bertz CT molecular complexity index is 1060. The van der Waals surface area contributed by atoms with Crippen LogP contribution in [0.25, 0.3) is 22.9 Å². The molecule has 0 fully saturated rings. The lowest BCUT2D eigenvalue weighted by atomic mass is 10.1. The molecule has 0 N–H and O–H groups in total. The highest BCUT2D eigenvalue weighted by atomic mass is 15.1. The summed E-state index contributed by atoms with van der Waals surface area (Å²) in [7, 11) is 0. The third-order valence-corrected chi connectivity index (χ3v) is 5.29. The van der Waals surface area contributed by atoms with Crippen LogP contribution in [0.2, 0.25) is 0 Å². The first-order chi connectivity index (χ1) is 14.3. The molecule has 0 aliphatic heterocycles. The smallest absolute Gasteiger partial charge is 0.0451 e. The second kappa shape index (κ2) is 8.62. The van der Waals surface area contributed by atoms with E-state index in [9.17, 15) is 0 Å². The molecule has 1 heteroatoms. The van der Waals surface area contributed by atoms with Gasteiger partial charge in [0.2, 0.25) is 0 Å². The van der Waals surface area contributed by atoms with Crippen molar-refractivity contribution < 1.29 is 0 Å². The van der Waals surface area contributed by atoms with Crippen LogP contribution in [0.1, 0.15) is 22.3 Å². The van der Waals surface area contributed by atoms with Crippen molar-refractivity contribution in [2.24, 2.45) is 0 Å². The average molecular weight is 376 g/mol. The van der Waals surface area contributed by atoms with Gasteiger partial charge in [0, 0.05) is 24.2 Å². The average Bonchev–Trinajstić information content (AvgIpc) is 2.79. The van der Waals surface area contributed by atoms with Crippen molar-refractivity contribution in [3.05, 3.63) is 126 Å². The lowest BCUT2D eigenvalue weighted by molar-refractivity contribution is 0.803. The summed E-state index contributed by atoms with van der Waals surface area (Å²) in [5.41, 5.74) is 6.11. The van der Waals surface area contributed by atoms with Crippen LogP contribution in [0.4, 0.5) is 5.69 Å². The quantitative estimate of drug-likeness (QED) is 0.327. The molecular formula is C28H25N. The fraction of sp³-hybridized carbons (Fsp3) is 0.0714. The molecule has 0 aliphatic rings. The zero-order valence-electron chi connectivity index (χ0n) is 16.6. The second-order valence-corrected chi connectivity index (χ2v) is 7.25. The van der Waals surface area contributed by atoms with Crippen LogP contribution in [0.3, 0.4) is 0 Å². The summed E-state index contributed by atoms with van der Waals surface area (Å²) in [6.45, 7) is 9.40. The highest BCUT2D eigenvalue weighted by molar-refractivity contribution is 5.94. The minimum atomic E-state index is 0.842. The summed E-state index contributed by atoms with van der Waals surface area (Å²) in [5.74, 6) is 0. The number of benzene rings is 4. The summed E-state index contributed by atoms with van der Waals surface area (Å²) in [4.78, 5) is 2.45. The van der Waals surface area contributed by atoms with Crippen molar-refractivity contribution in [3.8, 4) is 0 Å². The molecular weight excluding hydrogens is 350 g/mol. The number of fused-ring (bicyclic) bond motifs is 1. The van der Waals surface area contributed by atoms with Crippen molar-refractivity contribution in [2.45, 2.75) is 13.1 Å². The van der Waals surface area contributed by atoms with Gasteiger partial charge in [-0.05, 0) is 33.7 Å². The minimum Gasteiger partial charge on any atom is -0.362 e. The van der Waals surface area contributed by atoms with E-state index in [4.69, 9.17) is 0 Å². The topological polar surface area (TPSA) is 3.24 Å². The van der Waals surface area contributed by atoms with Crippen LogP contribution < -0.4 is 4.90 Å². The fourth-order valence-electron chi connectivity index (χ4n) is 3.67. The lowest BCUT2D eigenvalue weighted by Crippen LogP contribution is -2.22. The van der Waals surface area contributed by atoms with Crippen molar-refractivity contribution >= 4 is 28.6 Å². The summed E-state index contributed by atoms with van der Waals surface area (Å²) in [5, 5.41) is 2.54. The first kappa shape index (κ1) is 18.8. The van der Waals surface area contributed by atoms with Gasteiger partial charge >= 0.3 is 0 Å². The van der Waals surface area contributed by atoms with Crippen molar-refractivity contribution in [2.75, 3.05) is 4.90 Å². The predicted molar refractivity (Wildman–Crippen MR) is 127 cm³/mol. The van der Waals surface area contributed by atoms with Gasteiger partial charge in [0.05, 0.1) is 0 Å². The van der Waals surface area contributed by atoms with Gasteiger partial charge in [-0.15, -0.1) is 0 Å². The standard InChI is InChI=1S/C28H25N/c1-3-22-12-16-24(17-13-22)20-29(21-25-18-14-23(4-2)15-19-25)28-11-7-9-26-8-5-6-10-27(26)28/h3-19H,1-2,20-21H2. The molecule has 0 unspecified atom stereocenters. The zero-order chi connectivity index (χ0) is 20.1. The molecule has 4 aromatic carbocycles. The highest BCUT2D eigenvalue weighted by Crippen LogP contribution is 2.29. The molecule has 0 radical (unpaired) electrons. The molecule has 0 heterocycles. The van der Waals surface area contributed by atoms with E-state index >= 15 is 0 Å². The third-order valence-electron chi connectivity index (χ3n) is 5.29. The second-order valence-electron chi connectivity index (χ2n) is 7.25. The maximum atomic E-state index is 3.86. The van der Waals surface area contributed by atoms with Crippen LogP contribution in [0.5, 0.6) is 0 Å². The highest BCUT2D eigenvalue weighted by Gasteiger charge is 2.12. The summed E-state index contributed by atoms with van der Waals surface area (Å²) in [6, 6.07) is 32.4. The van der Waals surface area contributed by atoms with Crippen LogP contribution in [0, 0.1) is 0 Å². The number of nitrogens with zero attached hydrogens (tertiary/aromatic N) is 1. The van der Waals surface area contributed by atoms with E-state index in [2.05, 4.69) is 109 Å². The molecule has 4 aromatic rings. The Labute approximate surface area is 173 Å². The van der Waals surface area contributed by atoms with Crippen LogP contribution in [-0.4, -0.2) is 0 Å². The Hall–Kier alpha value is -3.58. The number of hydrogen-bond acceptors (Lipinski definition) is 1. The molecule has 4 rings (SSSR count). The van der Waals surface area contributed by atoms with E-state index in [0.29, 0.717) is 0 Å². The third kappa shape index (κ3) is 4.30. The molecule has 0 aliphatic carbocycles. The Morgan fingerprint density at radius 3 is 1.66 bits per heavy atom. The van der Waals surface area contributed by atoms with Gasteiger partial charge in [0.25, 0.3) is 0 Å². The molecule has 0 bridgehead atoms. The van der Waals surface area contributed by atoms with Gasteiger partial charge in [-0.2, -0.15) is 0 Å². The first-order valence-corrected chi connectivity index (χ1v) is 9.92. The molecule has 0 atom stereocenters. The Morgan fingerprint density at radius 1 is 0.586 bits per heavy atom. The van der Waals surface area contributed by atoms with E-state index in [-0.39, 0.29) is 0 Å². The van der Waals surface area contributed by atoms with Gasteiger partial charge in [-0.3, -0.25) is 0 Å². The molecule has 0 spiro atoms. The van der Waals surface area contributed by atoms with E-state index in [0.717, 1.165) is 24.2 Å². The number of hydrogen-bond donors (Lipinski definition) is 0. The SMILES string of the molecule is C=Cc1ccc(CN(Cc2ccc(C=C)cc2)c2cccc3ccccc23)cc1. The Kier molecular flexibility index (Phi) is 5.58. The number of rotatable bonds is 7. The summed E-state index contributed by atoms with van der Waals surface area (Å²) in [6.07, 6.45) is 3.76. The van der Waals surface area contributed by atoms with Crippen LogP contribution in [-0.2, 0) is 13.1 Å². The van der Waals surface area contributed by atoms with Gasteiger partial charge in [-0.25, -0.2) is 0 Å². The molecule has 0 saturated heterocycles. The van der Waals surface area contributed by atoms with Crippen molar-refractivity contribution in [3.63, 3.8) is 0 Å². The van der Waals surface area contributed by atoms with Gasteiger partial charge in [0.1, 0.15) is 0 Å². The van der Waals surface area contributed by atoms with Crippen molar-refractivity contribution in [1.82, 2.24) is 0 Å². The fourth-order valence-corrected chi connectivity index (χ4v) is 3.67. The minimum absolute atomic E-state index is 0.842. The van der Waals surface area contributed by atoms with Crippen LogP contribution >= 0.6 is 0 Å². The summed E-state index contributed by atoms with van der Waals surface area (Å²) < 4.78 is 0. The van der Waals surface area contributed by atoms with E-state index < -0.39 is 0 Å². The van der Waals surface area contributed by atoms with Gasteiger partial charge in [-0.1, -0.05) is 110 Å². The molecule has 29 heavy (non-hydrogen) atoms. The predicted octanol–water partition coefficient (Wildman–Crippen LogP) is 7.33. The Morgan fingerprint density at radius 2 is 1.10 bits per heavy atom. The zero-order valence-corrected chi connectivity index (χ0v) is 16.6. The van der Waals surface area contributed by atoms with Gasteiger partial charge < -0.3 is 4.90 Å². The maximum absolute atomic E-state index is 3.86. The normalized spacial score (nSPS) is 10.6. The Balaban J connectivity index is 1.72. The lowest BCUT2D eigenvalue weighted by Gasteiger charge is -2.27. The number of anilines is 1. The monoisotopic (exact) mass is 375 g/mol. The first-order valence-electron chi connectivity index (χ1n) is 9.92. The molecule has 1 nitrogen and oxygen atoms in total. The molecule has 0 aromatic heterocycles. The molecule has 142 valence electrons. The molecule has 0 amide bonds. The van der Waals surface area contributed by atoms with Crippen molar-refractivity contribution in [1.29, 1.82) is 0 Å². The summed E-state index contributed by atoms with van der Waals surface area (Å²) >= 11 is 0. The molecule has 0 saturated carbocycles. The van der Waals surface area contributed by atoms with Crippen LogP contribution in [0.15, 0.2) is 104 Å². The van der Waals surface area contributed by atoms with E-state index in [1.54, 1.807) is 0 Å². The van der Waals surface area contributed by atoms with E-state index in [1.807, 2.05) is 12.2 Å².